The number of aromatic nitrogens is 5. The van der Waals surface area contributed by atoms with E-state index in [1.807, 2.05) is 0 Å². The van der Waals surface area contributed by atoms with Crippen LogP contribution in [0.4, 0.5) is 4.39 Å². The molecule has 0 atom stereocenters. The van der Waals surface area contributed by atoms with Gasteiger partial charge in [0, 0.05) is 6.20 Å². The second-order valence-corrected chi connectivity index (χ2v) is 4.35. The molecular weight excluding hydrogens is 305 g/mol. The molecule has 0 fully saturated rings. The fourth-order valence-electron chi connectivity index (χ4n) is 1.82. The van der Waals surface area contributed by atoms with Gasteiger partial charge in [0.15, 0.2) is 16.6 Å². The number of carbonyl (C=O) groups is 1. The maximum absolute atomic E-state index is 13.5. The Morgan fingerprint density at radius 1 is 1.33 bits per heavy atom. The summed E-state index contributed by atoms with van der Waals surface area (Å²) in [7, 11) is 0. The first-order valence-electron chi connectivity index (χ1n) is 5.49. The lowest BCUT2D eigenvalue weighted by Crippen LogP contribution is -2.22. The van der Waals surface area contributed by atoms with Gasteiger partial charge in [-0.2, -0.15) is 0 Å². The number of rotatable bonds is 2. The Balaban J connectivity index is 2.51. The second kappa shape index (κ2) is 4.63. The minimum Gasteiger partial charge on any atom is -0.477 e. The van der Waals surface area contributed by atoms with Gasteiger partial charge >= 0.3 is 5.97 Å². The third-order valence-corrected chi connectivity index (χ3v) is 3.02. The molecule has 0 unspecified atom stereocenters. The molecule has 10 heteroatoms. The van der Waals surface area contributed by atoms with Crippen LogP contribution in [0.25, 0.3) is 11.0 Å². The SMILES string of the molecule is O=C(O)c1cn(-n2cnnc2)c2nc(Cl)c(F)cc2c1=O. The third kappa shape index (κ3) is 2.03. The van der Waals surface area contributed by atoms with E-state index in [-0.39, 0.29) is 11.0 Å². The third-order valence-electron chi connectivity index (χ3n) is 2.76. The van der Waals surface area contributed by atoms with Crippen molar-refractivity contribution in [2.45, 2.75) is 0 Å². The molecular formula is C11H5ClFN5O3. The second-order valence-electron chi connectivity index (χ2n) is 4.00. The zero-order valence-corrected chi connectivity index (χ0v) is 10.8. The van der Waals surface area contributed by atoms with Crippen molar-refractivity contribution in [1.29, 1.82) is 0 Å². The molecule has 0 radical (unpaired) electrons. The lowest BCUT2D eigenvalue weighted by molar-refractivity contribution is 0.0694. The summed E-state index contributed by atoms with van der Waals surface area (Å²) in [4.78, 5) is 27.0. The van der Waals surface area contributed by atoms with Crippen LogP contribution in [0.2, 0.25) is 5.15 Å². The topological polar surface area (TPSA) is 103 Å². The zero-order valence-electron chi connectivity index (χ0n) is 10.1. The van der Waals surface area contributed by atoms with E-state index in [0.717, 1.165) is 12.3 Å². The van der Waals surface area contributed by atoms with Crippen molar-refractivity contribution in [3.05, 3.63) is 51.7 Å². The number of fused-ring (bicyclic) bond motifs is 1. The molecule has 3 aromatic heterocycles. The van der Waals surface area contributed by atoms with Crippen molar-refractivity contribution >= 4 is 28.6 Å². The standard InChI is InChI=1S/C11H5ClFN5O3/c12-9-7(13)1-5-8(19)6(11(20)21)2-18(10(5)16-9)17-3-14-15-4-17/h1-4H,(H,20,21). The summed E-state index contributed by atoms with van der Waals surface area (Å²) >= 11 is 5.62. The predicted molar refractivity (Wildman–Crippen MR) is 68.7 cm³/mol. The van der Waals surface area contributed by atoms with Crippen LogP contribution in [0, 0.1) is 5.82 Å². The number of pyridine rings is 2. The van der Waals surface area contributed by atoms with Gasteiger partial charge in [0.2, 0.25) is 5.43 Å². The molecule has 0 spiro atoms. The summed E-state index contributed by atoms with van der Waals surface area (Å²) in [6, 6.07) is 0.848. The largest absolute Gasteiger partial charge is 0.477 e. The highest BCUT2D eigenvalue weighted by Crippen LogP contribution is 2.18. The number of aromatic carboxylic acids is 1. The Hall–Kier alpha value is -2.81. The van der Waals surface area contributed by atoms with Crippen LogP contribution in [0.5, 0.6) is 0 Å². The van der Waals surface area contributed by atoms with Crippen molar-refractivity contribution in [1.82, 2.24) is 24.5 Å². The van der Waals surface area contributed by atoms with Gasteiger partial charge in [-0.15, -0.1) is 10.2 Å². The van der Waals surface area contributed by atoms with Crippen LogP contribution in [0.3, 0.4) is 0 Å². The van der Waals surface area contributed by atoms with Gasteiger partial charge in [-0.05, 0) is 6.07 Å². The lowest BCUT2D eigenvalue weighted by Gasteiger charge is -2.11. The number of hydrogen-bond acceptors (Lipinski definition) is 5. The van der Waals surface area contributed by atoms with Gasteiger partial charge in [0.25, 0.3) is 0 Å². The van der Waals surface area contributed by atoms with Gasteiger partial charge in [0.05, 0.1) is 5.39 Å². The number of halogens is 2. The van der Waals surface area contributed by atoms with Gasteiger partial charge in [-0.1, -0.05) is 11.6 Å². The van der Waals surface area contributed by atoms with Crippen LogP contribution >= 0.6 is 11.6 Å². The van der Waals surface area contributed by atoms with Crippen molar-refractivity contribution < 1.29 is 14.3 Å². The Bertz CT molecular complexity index is 922. The summed E-state index contributed by atoms with van der Waals surface area (Å²) in [5.74, 6) is -2.36. The zero-order chi connectivity index (χ0) is 15.1. The average Bonchev–Trinajstić information content (AvgIpc) is 2.95. The predicted octanol–water partition coefficient (Wildman–Crippen LogP) is 0.790. The van der Waals surface area contributed by atoms with Crippen LogP contribution in [-0.4, -0.2) is 35.6 Å². The van der Waals surface area contributed by atoms with Crippen molar-refractivity contribution in [2.24, 2.45) is 0 Å². The Kier molecular flexibility index (Phi) is 2.91. The van der Waals surface area contributed by atoms with Crippen LogP contribution in [0.1, 0.15) is 10.4 Å². The molecule has 0 aliphatic carbocycles. The van der Waals surface area contributed by atoms with Crippen molar-refractivity contribution in [3.8, 4) is 0 Å². The van der Waals surface area contributed by atoms with E-state index in [1.165, 1.54) is 22.0 Å². The normalized spacial score (nSPS) is 11.0. The molecule has 0 aliphatic rings. The van der Waals surface area contributed by atoms with Crippen LogP contribution in [0.15, 0.2) is 29.7 Å². The average molecular weight is 310 g/mol. The van der Waals surface area contributed by atoms with Crippen LogP contribution < -0.4 is 5.43 Å². The molecule has 0 aliphatic heterocycles. The van der Waals surface area contributed by atoms with Gasteiger partial charge in [0.1, 0.15) is 18.2 Å². The van der Waals surface area contributed by atoms with Gasteiger partial charge in [-0.25, -0.2) is 23.5 Å². The highest BCUT2D eigenvalue weighted by Gasteiger charge is 2.18. The van der Waals surface area contributed by atoms with E-state index in [1.54, 1.807) is 0 Å². The molecule has 21 heavy (non-hydrogen) atoms. The highest BCUT2D eigenvalue weighted by atomic mass is 35.5. The molecule has 3 heterocycles. The molecule has 0 aromatic carbocycles. The Morgan fingerprint density at radius 3 is 2.62 bits per heavy atom. The Morgan fingerprint density at radius 2 is 2.00 bits per heavy atom. The summed E-state index contributed by atoms with van der Waals surface area (Å²) < 4.78 is 16.0. The molecule has 0 saturated carbocycles. The maximum Gasteiger partial charge on any atom is 0.341 e. The summed E-state index contributed by atoms with van der Waals surface area (Å²) in [6.07, 6.45) is 3.56. The Labute approximate surface area is 120 Å². The van der Waals surface area contributed by atoms with Crippen molar-refractivity contribution in [2.75, 3.05) is 0 Å². The monoisotopic (exact) mass is 309 g/mol. The molecule has 1 N–H and O–H groups in total. The van der Waals surface area contributed by atoms with Gasteiger partial charge in [-0.3, -0.25) is 4.79 Å². The number of carboxylic acid groups (broad SMARTS) is 1. The number of nitrogens with zero attached hydrogens (tertiary/aromatic N) is 5. The first kappa shape index (κ1) is 13.2. The molecule has 3 rings (SSSR count). The highest BCUT2D eigenvalue weighted by molar-refractivity contribution is 6.29. The van der Waals surface area contributed by atoms with E-state index in [0.29, 0.717) is 0 Å². The molecule has 0 saturated heterocycles. The molecule has 8 nitrogen and oxygen atoms in total. The fraction of sp³-hybridized carbons (Fsp3) is 0. The minimum atomic E-state index is -1.45. The first-order valence-corrected chi connectivity index (χ1v) is 5.87. The molecule has 3 aromatic rings. The van der Waals surface area contributed by atoms with Gasteiger partial charge < -0.3 is 5.11 Å². The van der Waals surface area contributed by atoms with E-state index >= 15 is 0 Å². The van der Waals surface area contributed by atoms with Crippen molar-refractivity contribution in [3.63, 3.8) is 0 Å². The van der Waals surface area contributed by atoms with E-state index < -0.39 is 27.9 Å². The minimum absolute atomic E-state index is 0.0174. The fourth-order valence-corrected chi connectivity index (χ4v) is 1.96. The number of hydrogen-bond donors (Lipinski definition) is 1. The summed E-state index contributed by atoms with van der Waals surface area (Å²) in [6.45, 7) is 0. The molecule has 106 valence electrons. The number of carboxylic acids is 1. The van der Waals surface area contributed by atoms with E-state index in [9.17, 15) is 14.0 Å². The first-order chi connectivity index (χ1) is 9.99. The smallest absolute Gasteiger partial charge is 0.341 e. The maximum atomic E-state index is 13.5. The van der Waals surface area contributed by atoms with Crippen LogP contribution in [-0.2, 0) is 0 Å². The molecule has 0 bridgehead atoms. The lowest BCUT2D eigenvalue weighted by atomic mass is 10.2. The summed E-state index contributed by atoms with van der Waals surface area (Å²) in [5.41, 5.74) is -1.42. The van der Waals surface area contributed by atoms with E-state index in [2.05, 4.69) is 15.2 Å². The quantitative estimate of drug-likeness (QED) is 0.702. The molecule has 0 amide bonds. The van der Waals surface area contributed by atoms with E-state index in [4.69, 9.17) is 16.7 Å². The summed E-state index contributed by atoms with van der Waals surface area (Å²) in [5, 5.41) is 15.6.